The first-order chi connectivity index (χ1) is 11.6. The Morgan fingerprint density at radius 1 is 1.00 bits per heavy atom. The maximum atomic E-state index is 13.8. The fourth-order valence-electron chi connectivity index (χ4n) is 2.26. The van der Waals surface area contributed by atoms with Crippen molar-refractivity contribution in [2.24, 2.45) is 0 Å². The van der Waals surface area contributed by atoms with E-state index in [2.05, 4.69) is 15.0 Å². The van der Waals surface area contributed by atoms with E-state index in [0.717, 1.165) is 11.1 Å². The first kappa shape index (κ1) is 15.7. The van der Waals surface area contributed by atoms with E-state index in [1.165, 1.54) is 36.9 Å². The van der Waals surface area contributed by atoms with Gasteiger partial charge in [0.15, 0.2) is 11.5 Å². The summed E-state index contributed by atoms with van der Waals surface area (Å²) < 4.78 is 19.3. The van der Waals surface area contributed by atoms with Gasteiger partial charge in [-0.2, -0.15) is 0 Å². The van der Waals surface area contributed by atoms with Crippen molar-refractivity contribution in [1.29, 1.82) is 0 Å². The second kappa shape index (κ2) is 6.95. The summed E-state index contributed by atoms with van der Waals surface area (Å²) >= 11 is 0. The minimum Gasteiger partial charge on any atom is -0.454 e. The fraction of sp³-hybridized carbons (Fsp3) is 0.111. The lowest BCUT2D eigenvalue weighted by Crippen LogP contribution is -2.05. The van der Waals surface area contributed by atoms with Crippen molar-refractivity contribution in [2.45, 2.75) is 13.3 Å². The lowest BCUT2D eigenvalue weighted by Gasteiger charge is -2.08. The summed E-state index contributed by atoms with van der Waals surface area (Å²) in [6.07, 6.45) is 7.76. The Hall–Kier alpha value is -3.15. The molecule has 24 heavy (non-hydrogen) atoms. The highest BCUT2D eigenvalue weighted by molar-refractivity contribution is 5.97. The molecule has 120 valence electrons. The van der Waals surface area contributed by atoms with Gasteiger partial charge in [-0.3, -0.25) is 9.78 Å². The van der Waals surface area contributed by atoms with Crippen LogP contribution in [0.1, 0.15) is 21.5 Å². The molecule has 2 heterocycles. The summed E-state index contributed by atoms with van der Waals surface area (Å²) in [5.74, 6) is -0.175. The van der Waals surface area contributed by atoms with Crippen LogP contribution >= 0.6 is 0 Å². The largest absolute Gasteiger partial charge is 0.454 e. The molecule has 2 aromatic heterocycles. The molecule has 0 radical (unpaired) electrons. The van der Waals surface area contributed by atoms with Crippen LogP contribution in [0.4, 0.5) is 4.39 Å². The van der Waals surface area contributed by atoms with Gasteiger partial charge in [0, 0.05) is 30.4 Å². The Balaban J connectivity index is 1.81. The zero-order valence-electron chi connectivity index (χ0n) is 12.9. The number of carbonyl (C=O) groups excluding carboxylic acids is 1. The number of rotatable bonds is 5. The summed E-state index contributed by atoms with van der Waals surface area (Å²) in [7, 11) is 0. The molecule has 1 aromatic carbocycles. The number of Topliss-reactive ketones (excluding diaryl/α,β-unsaturated/α-hetero) is 1. The van der Waals surface area contributed by atoms with Gasteiger partial charge in [-0.05, 0) is 30.2 Å². The van der Waals surface area contributed by atoms with Crippen molar-refractivity contribution < 1.29 is 13.9 Å². The van der Waals surface area contributed by atoms with Crippen molar-refractivity contribution >= 4 is 5.78 Å². The van der Waals surface area contributed by atoms with Gasteiger partial charge in [0.05, 0.1) is 12.4 Å². The van der Waals surface area contributed by atoms with Crippen LogP contribution < -0.4 is 4.74 Å². The fourth-order valence-corrected chi connectivity index (χ4v) is 2.26. The molecule has 0 aliphatic heterocycles. The lowest BCUT2D eigenvalue weighted by molar-refractivity contribution is 0.0992. The molecule has 0 N–H and O–H groups in total. The predicted molar refractivity (Wildman–Crippen MR) is 85.5 cm³/mol. The average molecular weight is 323 g/mol. The Bertz CT molecular complexity index is 869. The summed E-state index contributed by atoms with van der Waals surface area (Å²) in [4.78, 5) is 24.1. The molecule has 0 saturated carbocycles. The van der Waals surface area contributed by atoms with Crippen molar-refractivity contribution in [1.82, 2.24) is 15.0 Å². The van der Waals surface area contributed by atoms with Gasteiger partial charge in [0.2, 0.25) is 0 Å². The van der Waals surface area contributed by atoms with E-state index in [0.29, 0.717) is 5.75 Å². The van der Waals surface area contributed by atoms with E-state index in [1.54, 1.807) is 12.4 Å². The number of benzene rings is 1. The molecule has 0 saturated heterocycles. The van der Waals surface area contributed by atoms with Crippen LogP contribution in [-0.4, -0.2) is 20.7 Å². The molecule has 0 aliphatic carbocycles. The molecular formula is C18H14FN3O2. The second-order valence-corrected chi connectivity index (χ2v) is 5.32. The quantitative estimate of drug-likeness (QED) is 0.672. The minimum absolute atomic E-state index is 0.145. The third-order valence-electron chi connectivity index (χ3n) is 3.26. The van der Waals surface area contributed by atoms with E-state index in [4.69, 9.17) is 4.74 Å². The van der Waals surface area contributed by atoms with Crippen LogP contribution in [0.3, 0.4) is 0 Å². The third kappa shape index (κ3) is 3.98. The standard InChI is InChI=1S/C18H14FN3O2/c1-12-2-13(8-20-7-12)3-18(23)14-4-15(19)6-16(5-14)24-17-9-21-11-22-10-17/h2,4-11H,3H2,1H3. The van der Waals surface area contributed by atoms with Crippen LogP contribution in [0, 0.1) is 12.7 Å². The molecule has 3 aromatic rings. The Morgan fingerprint density at radius 3 is 2.54 bits per heavy atom. The SMILES string of the molecule is Cc1cncc(CC(=O)c2cc(F)cc(Oc3cncnc3)c2)c1. The van der Waals surface area contributed by atoms with Crippen molar-refractivity contribution in [3.05, 3.63) is 77.9 Å². The van der Waals surface area contributed by atoms with Crippen molar-refractivity contribution in [2.75, 3.05) is 0 Å². The molecule has 0 amide bonds. The Kier molecular flexibility index (Phi) is 4.56. The van der Waals surface area contributed by atoms with Crippen LogP contribution in [0.15, 0.2) is 55.4 Å². The van der Waals surface area contributed by atoms with Gasteiger partial charge in [0.25, 0.3) is 0 Å². The van der Waals surface area contributed by atoms with Gasteiger partial charge in [-0.1, -0.05) is 6.07 Å². The zero-order chi connectivity index (χ0) is 16.9. The van der Waals surface area contributed by atoms with Gasteiger partial charge >= 0.3 is 0 Å². The normalized spacial score (nSPS) is 10.4. The van der Waals surface area contributed by atoms with E-state index in [1.807, 2.05) is 13.0 Å². The Labute approximate surface area is 138 Å². The molecule has 0 bridgehead atoms. The summed E-state index contributed by atoms with van der Waals surface area (Å²) in [5.41, 5.74) is 1.99. The van der Waals surface area contributed by atoms with Crippen LogP contribution in [0.5, 0.6) is 11.5 Å². The van der Waals surface area contributed by atoms with Gasteiger partial charge < -0.3 is 4.74 Å². The highest BCUT2D eigenvalue weighted by Gasteiger charge is 2.12. The number of carbonyl (C=O) groups is 1. The van der Waals surface area contributed by atoms with E-state index >= 15 is 0 Å². The number of nitrogens with zero attached hydrogens (tertiary/aromatic N) is 3. The topological polar surface area (TPSA) is 65.0 Å². The predicted octanol–water partition coefficient (Wildman–Crippen LogP) is 3.54. The molecule has 6 heteroatoms. The van der Waals surface area contributed by atoms with Crippen LogP contribution in [0.2, 0.25) is 0 Å². The van der Waals surface area contributed by atoms with Crippen molar-refractivity contribution in [3.63, 3.8) is 0 Å². The van der Waals surface area contributed by atoms with E-state index in [9.17, 15) is 9.18 Å². The number of ether oxygens (including phenoxy) is 1. The molecule has 0 aliphatic rings. The molecule has 0 spiro atoms. The maximum Gasteiger partial charge on any atom is 0.167 e. The number of halogens is 1. The number of aromatic nitrogens is 3. The maximum absolute atomic E-state index is 13.8. The van der Waals surface area contributed by atoms with Crippen LogP contribution in [-0.2, 0) is 6.42 Å². The molecular weight excluding hydrogens is 309 g/mol. The molecule has 0 unspecified atom stereocenters. The molecule has 3 rings (SSSR count). The van der Waals surface area contributed by atoms with E-state index < -0.39 is 5.82 Å². The van der Waals surface area contributed by atoms with Crippen LogP contribution in [0.25, 0.3) is 0 Å². The molecule has 0 fully saturated rings. The molecule has 5 nitrogen and oxygen atoms in total. The van der Waals surface area contributed by atoms with Gasteiger partial charge in [0.1, 0.15) is 17.9 Å². The van der Waals surface area contributed by atoms with Gasteiger partial charge in [-0.25, -0.2) is 14.4 Å². The first-order valence-electron chi connectivity index (χ1n) is 7.27. The number of hydrogen-bond acceptors (Lipinski definition) is 5. The van der Waals surface area contributed by atoms with Crippen molar-refractivity contribution in [3.8, 4) is 11.5 Å². The molecule has 0 atom stereocenters. The number of pyridine rings is 1. The third-order valence-corrected chi connectivity index (χ3v) is 3.26. The summed E-state index contributed by atoms with van der Waals surface area (Å²) in [6.45, 7) is 1.90. The lowest BCUT2D eigenvalue weighted by atomic mass is 10.0. The number of ketones is 1. The minimum atomic E-state index is -0.546. The second-order valence-electron chi connectivity index (χ2n) is 5.32. The van der Waals surface area contributed by atoms with Gasteiger partial charge in [-0.15, -0.1) is 0 Å². The summed E-state index contributed by atoms with van der Waals surface area (Å²) in [6, 6.07) is 5.78. The Morgan fingerprint density at radius 2 is 1.79 bits per heavy atom. The van der Waals surface area contributed by atoms with E-state index in [-0.39, 0.29) is 23.5 Å². The average Bonchev–Trinajstić information content (AvgIpc) is 2.55. The highest BCUT2D eigenvalue weighted by atomic mass is 19.1. The number of hydrogen-bond donors (Lipinski definition) is 0. The zero-order valence-corrected chi connectivity index (χ0v) is 12.9. The monoisotopic (exact) mass is 323 g/mol. The number of aryl methyl sites for hydroxylation is 1. The summed E-state index contributed by atoms with van der Waals surface area (Å²) in [5, 5.41) is 0. The highest BCUT2D eigenvalue weighted by Crippen LogP contribution is 2.23. The first-order valence-corrected chi connectivity index (χ1v) is 7.27. The smallest absolute Gasteiger partial charge is 0.167 e.